The third-order valence-electron chi connectivity index (χ3n) is 3.96. The van der Waals surface area contributed by atoms with E-state index in [0.29, 0.717) is 12.5 Å². The Labute approximate surface area is 101 Å². The van der Waals surface area contributed by atoms with E-state index in [1.165, 1.54) is 11.1 Å². The summed E-state index contributed by atoms with van der Waals surface area (Å²) in [6.45, 7) is 6.80. The summed E-state index contributed by atoms with van der Waals surface area (Å²) in [5, 5.41) is 4.29. The molecule has 2 atom stereocenters. The van der Waals surface area contributed by atoms with Gasteiger partial charge in [-0.1, -0.05) is 23.7 Å². The number of fused-ring (bicyclic) bond motifs is 3. The first kappa shape index (κ1) is 10.6. The Kier molecular flexibility index (Phi) is 2.29. The van der Waals surface area contributed by atoms with Gasteiger partial charge in [0, 0.05) is 29.6 Å². The molecule has 0 bridgehead atoms. The Morgan fingerprint density at radius 3 is 3.12 bits per heavy atom. The molecule has 0 radical (unpaired) electrons. The predicted octanol–water partition coefficient (Wildman–Crippen LogP) is 2.62. The standard InChI is InChI=1S/C13H16ClNO/c1-8-3-4-9-10(12(8)14)6-16-13(2)7-15-5-11(9)13/h3-4,11,15H,5-7H2,1-2H3. The fraction of sp³-hybridized carbons (Fsp3) is 0.538. The van der Waals surface area contributed by atoms with Gasteiger partial charge in [0.05, 0.1) is 12.2 Å². The van der Waals surface area contributed by atoms with E-state index in [1.807, 2.05) is 6.92 Å². The van der Waals surface area contributed by atoms with E-state index < -0.39 is 0 Å². The topological polar surface area (TPSA) is 21.3 Å². The van der Waals surface area contributed by atoms with Crippen LogP contribution in [-0.4, -0.2) is 18.7 Å². The first-order chi connectivity index (χ1) is 7.62. The van der Waals surface area contributed by atoms with Gasteiger partial charge in [0.25, 0.3) is 0 Å². The normalized spacial score (nSPS) is 32.3. The van der Waals surface area contributed by atoms with E-state index in [1.54, 1.807) is 0 Å². The molecule has 3 heteroatoms. The van der Waals surface area contributed by atoms with Crippen molar-refractivity contribution in [1.82, 2.24) is 5.32 Å². The summed E-state index contributed by atoms with van der Waals surface area (Å²) in [4.78, 5) is 0. The molecular weight excluding hydrogens is 222 g/mol. The van der Waals surface area contributed by atoms with E-state index in [-0.39, 0.29) is 5.60 Å². The third-order valence-corrected chi connectivity index (χ3v) is 4.48. The molecule has 1 aromatic carbocycles. The monoisotopic (exact) mass is 237 g/mol. The van der Waals surface area contributed by atoms with Crippen molar-refractivity contribution in [1.29, 1.82) is 0 Å². The first-order valence-corrected chi connectivity index (χ1v) is 6.12. The number of benzene rings is 1. The number of rotatable bonds is 0. The van der Waals surface area contributed by atoms with E-state index >= 15 is 0 Å². The minimum absolute atomic E-state index is 0.0500. The number of hydrogen-bond acceptors (Lipinski definition) is 2. The minimum atomic E-state index is -0.0500. The van der Waals surface area contributed by atoms with Gasteiger partial charge >= 0.3 is 0 Å². The molecule has 2 aliphatic heterocycles. The van der Waals surface area contributed by atoms with Crippen molar-refractivity contribution in [3.8, 4) is 0 Å². The molecule has 1 N–H and O–H groups in total. The zero-order valence-electron chi connectivity index (χ0n) is 9.64. The first-order valence-electron chi connectivity index (χ1n) is 5.74. The highest BCUT2D eigenvalue weighted by atomic mass is 35.5. The fourth-order valence-electron chi connectivity index (χ4n) is 2.86. The molecule has 0 saturated carbocycles. The van der Waals surface area contributed by atoms with Crippen LogP contribution in [0.5, 0.6) is 0 Å². The molecule has 1 aromatic rings. The number of aryl methyl sites for hydroxylation is 1. The molecule has 2 aliphatic rings. The van der Waals surface area contributed by atoms with Crippen LogP contribution in [-0.2, 0) is 11.3 Å². The smallest absolute Gasteiger partial charge is 0.0863 e. The molecular formula is C13H16ClNO. The molecule has 3 rings (SSSR count). The Bertz CT molecular complexity index is 446. The van der Waals surface area contributed by atoms with Crippen molar-refractivity contribution in [2.45, 2.75) is 32.0 Å². The molecule has 1 saturated heterocycles. The molecule has 0 aliphatic carbocycles. The van der Waals surface area contributed by atoms with Crippen molar-refractivity contribution in [3.05, 3.63) is 33.8 Å². The molecule has 0 amide bonds. The second-order valence-electron chi connectivity index (χ2n) is 5.05. The maximum absolute atomic E-state index is 6.35. The molecule has 0 spiro atoms. The van der Waals surface area contributed by atoms with Gasteiger partial charge in [0.2, 0.25) is 0 Å². The van der Waals surface area contributed by atoms with Gasteiger partial charge in [0.15, 0.2) is 0 Å². The highest BCUT2D eigenvalue weighted by Crippen LogP contribution is 2.43. The maximum Gasteiger partial charge on any atom is 0.0863 e. The van der Waals surface area contributed by atoms with Crippen LogP contribution in [0, 0.1) is 6.92 Å². The molecule has 1 fully saturated rings. The summed E-state index contributed by atoms with van der Waals surface area (Å²) in [7, 11) is 0. The van der Waals surface area contributed by atoms with Gasteiger partial charge in [-0.25, -0.2) is 0 Å². The van der Waals surface area contributed by atoms with Gasteiger partial charge in [0.1, 0.15) is 0 Å². The summed E-state index contributed by atoms with van der Waals surface area (Å²) >= 11 is 6.35. The summed E-state index contributed by atoms with van der Waals surface area (Å²) in [5.41, 5.74) is 3.65. The Morgan fingerprint density at radius 1 is 1.50 bits per heavy atom. The van der Waals surface area contributed by atoms with Crippen molar-refractivity contribution in [2.24, 2.45) is 0 Å². The van der Waals surface area contributed by atoms with Gasteiger partial charge in [-0.05, 0) is 25.0 Å². The largest absolute Gasteiger partial charge is 0.369 e. The van der Waals surface area contributed by atoms with Crippen molar-refractivity contribution in [2.75, 3.05) is 13.1 Å². The van der Waals surface area contributed by atoms with E-state index in [0.717, 1.165) is 23.7 Å². The highest BCUT2D eigenvalue weighted by molar-refractivity contribution is 6.32. The lowest BCUT2D eigenvalue weighted by Gasteiger charge is -2.37. The molecule has 0 aromatic heterocycles. The van der Waals surface area contributed by atoms with Crippen LogP contribution >= 0.6 is 11.6 Å². The molecule has 86 valence electrons. The van der Waals surface area contributed by atoms with Crippen LogP contribution < -0.4 is 5.32 Å². The van der Waals surface area contributed by atoms with Gasteiger partial charge in [-0.2, -0.15) is 0 Å². The van der Waals surface area contributed by atoms with Crippen molar-refractivity contribution in [3.63, 3.8) is 0 Å². The summed E-state index contributed by atoms with van der Waals surface area (Å²) in [6.07, 6.45) is 0. The molecule has 2 nitrogen and oxygen atoms in total. The number of hydrogen-bond donors (Lipinski definition) is 1. The van der Waals surface area contributed by atoms with Crippen molar-refractivity contribution < 1.29 is 4.74 Å². The second kappa shape index (κ2) is 3.46. The third kappa shape index (κ3) is 1.33. The van der Waals surface area contributed by atoms with Crippen LogP contribution in [0.4, 0.5) is 0 Å². The quantitative estimate of drug-likeness (QED) is 0.749. The number of ether oxygens (including phenoxy) is 1. The van der Waals surface area contributed by atoms with Crippen molar-refractivity contribution >= 4 is 11.6 Å². The lowest BCUT2D eigenvalue weighted by atomic mass is 9.81. The molecule has 2 heterocycles. The number of nitrogens with one attached hydrogen (secondary N) is 1. The van der Waals surface area contributed by atoms with Crippen LogP contribution in [0.3, 0.4) is 0 Å². The minimum Gasteiger partial charge on any atom is -0.369 e. The Morgan fingerprint density at radius 2 is 2.31 bits per heavy atom. The second-order valence-corrected chi connectivity index (χ2v) is 5.43. The van der Waals surface area contributed by atoms with E-state index in [4.69, 9.17) is 16.3 Å². The van der Waals surface area contributed by atoms with Crippen LogP contribution in [0.25, 0.3) is 0 Å². The average molecular weight is 238 g/mol. The summed E-state index contributed by atoms with van der Waals surface area (Å²) < 4.78 is 6.00. The molecule has 16 heavy (non-hydrogen) atoms. The lowest BCUT2D eigenvalue weighted by Crippen LogP contribution is -2.39. The zero-order chi connectivity index (χ0) is 11.3. The van der Waals surface area contributed by atoms with Crippen LogP contribution in [0.15, 0.2) is 12.1 Å². The summed E-state index contributed by atoms with van der Waals surface area (Å²) in [6, 6.07) is 4.33. The van der Waals surface area contributed by atoms with Crippen LogP contribution in [0.2, 0.25) is 5.02 Å². The molecule has 2 unspecified atom stereocenters. The fourth-order valence-corrected chi connectivity index (χ4v) is 3.08. The maximum atomic E-state index is 6.35. The highest BCUT2D eigenvalue weighted by Gasteiger charge is 2.44. The van der Waals surface area contributed by atoms with Crippen LogP contribution in [0.1, 0.15) is 29.5 Å². The van der Waals surface area contributed by atoms with Gasteiger partial charge < -0.3 is 10.1 Å². The SMILES string of the molecule is Cc1ccc2c(c1Cl)COC1(C)CNCC21. The Hall–Kier alpha value is -0.570. The van der Waals surface area contributed by atoms with Gasteiger partial charge in [-0.3, -0.25) is 0 Å². The zero-order valence-corrected chi connectivity index (χ0v) is 10.4. The van der Waals surface area contributed by atoms with E-state index in [2.05, 4.69) is 24.4 Å². The number of halogens is 1. The van der Waals surface area contributed by atoms with Gasteiger partial charge in [-0.15, -0.1) is 0 Å². The van der Waals surface area contributed by atoms with E-state index in [9.17, 15) is 0 Å². The lowest BCUT2D eigenvalue weighted by molar-refractivity contribution is -0.0517. The summed E-state index contributed by atoms with van der Waals surface area (Å²) in [5.74, 6) is 0.439. The predicted molar refractivity (Wildman–Crippen MR) is 65.0 cm³/mol. The average Bonchev–Trinajstić information content (AvgIpc) is 2.65. The Balaban J connectivity index is 2.14.